The van der Waals surface area contributed by atoms with E-state index in [1.165, 1.54) is 32.1 Å². The van der Waals surface area contributed by atoms with Crippen molar-refractivity contribution in [2.24, 2.45) is 5.92 Å². The van der Waals surface area contributed by atoms with Crippen molar-refractivity contribution in [3.05, 3.63) is 23.9 Å². The number of anilines is 1. The van der Waals surface area contributed by atoms with Crippen LogP contribution in [-0.4, -0.2) is 11.0 Å². The SMILES string of the molecule is CC(CCC1CCCC1)Nc1ncccc1C#N. The molecule has 1 aromatic heterocycles. The second-order valence-electron chi connectivity index (χ2n) is 5.28. The molecular formula is C15H21N3. The predicted molar refractivity (Wildman–Crippen MR) is 73.2 cm³/mol. The third kappa shape index (κ3) is 3.46. The molecule has 0 amide bonds. The van der Waals surface area contributed by atoms with Crippen LogP contribution in [0.4, 0.5) is 5.82 Å². The number of rotatable bonds is 5. The molecule has 0 aromatic carbocycles. The zero-order valence-corrected chi connectivity index (χ0v) is 11.0. The van der Waals surface area contributed by atoms with Crippen molar-refractivity contribution in [2.75, 3.05) is 5.32 Å². The highest BCUT2D eigenvalue weighted by molar-refractivity contribution is 5.51. The van der Waals surface area contributed by atoms with E-state index in [0.717, 1.165) is 18.2 Å². The lowest BCUT2D eigenvalue weighted by atomic mass is 9.99. The molecule has 1 unspecified atom stereocenters. The number of nitrogens with one attached hydrogen (secondary N) is 1. The van der Waals surface area contributed by atoms with E-state index in [-0.39, 0.29) is 0 Å². The largest absolute Gasteiger partial charge is 0.367 e. The molecule has 1 heterocycles. The van der Waals surface area contributed by atoms with E-state index in [4.69, 9.17) is 5.26 Å². The van der Waals surface area contributed by atoms with Gasteiger partial charge in [0.15, 0.2) is 0 Å². The Balaban J connectivity index is 1.83. The monoisotopic (exact) mass is 243 g/mol. The maximum absolute atomic E-state index is 9.00. The lowest BCUT2D eigenvalue weighted by molar-refractivity contribution is 0.467. The third-order valence-electron chi connectivity index (χ3n) is 3.79. The van der Waals surface area contributed by atoms with E-state index in [0.29, 0.717) is 11.6 Å². The Bertz CT molecular complexity index is 416. The van der Waals surface area contributed by atoms with Crippen LogP contribution in [0.15, 0.2) is 18.3 Å². The molecule has 0 aliphatic heterocycles. The summed E-state index contributed by atoms with van der Waals surface area (Å²) in [5, 5.41) is 12.4. The normalized spacial score (nSPS) is 17.3. The number of pyridine rings is 1. The summed E-state index contributed by atoms with van der Waals surface area (Å²) < 4.78 is 0. The number of hydrogen-bond acceptors (Lipinski definition) is 3. The van der Waals surface area contributed by atoms with Crippen LogP contribution >= 0.6 is 0 Å². The van der Waals surface area contributed by atoms with Gasteiger partial charge in [-0.3, -0.25) is 0 Å². The molecule has 1 aliphatic rings. The maximum Gasteiger partial charge on any atom is 0.144 e. The lowest BCUT2D eigenvalue weighted by Gasteiger charge is -2.17. The first-order valence-corrected chi connectivity index (χ1v) is 6.91. The molecule has 1 N–H and O–H groups in total. The Morgan fingerprint density at radius 3 is 3.00 bits per heavy atom. The predicted octanol–water partition coefficient (Wildman–Crippen LogP) is 3.72. The quantitative estimate of drug-likeness (QED) is 0.857. The summed E-state index contributed by atoms with van der Waals surface area (Å²) >= 11 is 0. The van der Waals surface area contributed by atoms with Gasteiger partial charge in [-0.05, 0) is 37.8 Å². The first-order valence-electron chi connectivity index (χ1n) is 6.91. The molecule has 1 fully saturated rings. The minimum absolute atomic E-state index is 0.382. The molecule has 18 heavy (non-hydrogen) atoms. The first-order chi connectivity index (χ1) is 8.79. The minimum atomic E-state index is 0.382. The summed E-state index contributed by atoms with van der Waals surface area (Å²) in [5.74, 6) is 1.65. The van der Waals surface area contributed by atoms with E-state index in [1.54, 1.807) is 18.3 Å². The van der Waals surface area contributed by atoms with Gasteiger partial charge < -0.3 is 5.32 Å². The smallest absolute Gasteiger partial charge is 0.144 e. The summed E-state index contributed by atoms with van der Waals surface area (Å²) in [6.45, 7) is 2.17. The third-order valence-corrected chi connectivity index (χ3v) is 3.79. The molecule has 1 aliphatic carbocycles. The van der Waals surface area contributed by atoms with Crippen LogP contribution in [0.2, 0.25) is 0 Å². The van der Waals surface area contributed by atoms with Gasteiger partial charge in [0.1, 0.15) is 11.9 Å². The van der Waals surface area contributed by atoms with Gasteiger partial charge in [-0.1, -0.05) is 25.7 Å². The molecule has 3 nitrogen and oxygen atoms in total. The maximum atomic E-state index is 9.00. The van der Waals surface area contributed by atoms with Crippen LogP contribution < -0.4 is 5.32 Å². The molecule has 3 heteroatoms. The number of nitriles is 1. The Labute approximate surface area is 109 Å². The Morgan fingerprint density at radius 1 is 1.50 bits per heavy atom. The Kier molecular flexibility index (Phi) is 4.58. The van der Waals surface area contributed by atoms with Crippen molar-refractivity contribution in [1.29, 1.82) is 5.26 Å². The van der Waals surface area contributed by atoms with E-state index >= 15 is 0 Å². The minimum Gasteiger partial charge on any atom is -0.367 e. The van der Waals surface area contributed by atoms with Crippen LogP contribution in [0, 0.1) is 17.2 Å². The summed E-state index contributed by atoms with van der Waals surface area (Å²) in [5.41, 5.74) is 0.630. The van der Waals surface area contributed by atoms with Crippen molar-refractivity contribution in [3.8, 4) is 6.07 Å². The fourth-order valence-electron chi connectivity index (χ4n) is 2.70. The van der Waals surface area contributed by atoms with E-state index in [9.17, 15) is 0 Å². The Hall–Kier alpha value is -1.56. The van der Waals surface area contributed by atoms with E-state index in [2.05, 4.69) is 23.3 Å². The van der Waals surface area contributed by atoms with Crippen LogP contribution in [-0.2, 0) is 0 Å². The molecule has 0 saturated heterocycles. The van der Waals surface area contributed by atoms with Gasteiger partial charge in [0, 0.05) is 12.2 Å². The van der Waals surface area contributed by atoms with Gasteiger partial charge in [0.2, 0.25) is 0 Å². The fourth-order valence-corrected chi connectivity index (χ4v) is 2.70. The molecule has 0 spiro atoms. The number of hydrogen-bond donors (Lipinski definition) is 1. The molecule has 0 bridgehead atoms. The van der Waals surface area contributed by atoms with Gasteiger partial charge >= 0.3 is 0 Å². The highest BCUT2D eigenvalue weighted by Gasteiger charge is 2.16. The molecule has 1 aromatic rings. The summed E-state index contributed by atoms with van der Waals surface area (Å²) in [4.78, 5) is 4.24. The van der Waals surface area contributed by atoms with Gasteiger partial charge in [-0.15, -0.1) is 0 Å². The topological polar surface area (TPSA) is 48.7 Å². The van der Waals surface area contributed by atoms with Crippen molar-refractivity contribution < 1.29 is 0 Å². The number of nitrogens with zero attached hydrogens (tertiary/aromatic N) is 2. The van der Waals surface area contributed by atoms with Crippen LogP contribution in [0.3, 0.4) is 0 Å². The van der Waals surface area contributed by atoms with Gasteiger partial charge in [0.25, 0.3) is 0 Å². The zero-order valence-electron chi connectivity index (χ0n) is 11.0. The van der Waals surface area contributed by atoms with Crippen LogP contribution in [0.1, 0.15) is 51.0 Å². The molecule has 1 atom stereocenters. The van der Waals surface area contributed by atoms with E-state index < -0.39 is 0 Å². The first kappa shape index (κ1) is 12.9. The van der Waals surface area contributed by atoms with Crippen molar-refractivity contribution in [2.45, 2.75) is 51.5 Å². The van der Waals surface area contributed by atoms with E-state index in [1.807, 2.05) is 0 Å². The standard InChI is InChI=1S/C15H21N3/c1-12(8-9-13-5-2-3-6-13)18-15-14(11-16)7-4-10-17-15/h4,7,10,12-13H,2-3,5-6,8-9H2,1H3,(H,17,18). The molecule has 96 valence electrons. The van der Waals surface area contributed by atoms with Crippen molar-refractivity contribution in [1.82, 2.24) is 4.98 Å². The summed E-state index contributed by atoms with van der Waals surface area (Å²) in [6, 6.07) is 6.16. The molecule has 2 rings (SSSR count). The summed E-state index contributed by atoms with van der Waals surface area (Å²) in [6.07, 6.45) is 9.80. The number of aromatic nitrogens is 1. The van der Waals surface area contributed by atoms with Crippen molar-refractivity contribution >= 4 is 5.82 Å². The zero-order chi connectivity index (χ0) is 12.8. The van der Waals surface area contributed by atoms with Gasteiger partial charge in [0.05, 0.1) is 5.56 Å². The fraction of sp³-hybridized carbons (Fsp3) is 0.600. The second kappa shape index (κ2) is 6.39. The van der Waals surface area contributed by atoms with Gasteiger partial charge in [-0.2, -0.15) is 5.26 Å². The highest BCUT2D eigenvalue weighted by atomic mass is 15.0. The molecule has 0 radical (unpaired) electrons. The van der Waals surface area contributed by atoms with Crippen LogP contribution in [0.5, 0.6) is 0 Å². The molecular weight excluding hydrogens is 222 g/mol. The molecule has 1 saturated carbocycles. The van der Waals surface area contributed by atoms with Gasteiger partial charge in [-0.25, -0.2) is 4.98 Å². The van der Waals surface area contributed by atoms with Crippen molar-refractivity contribution in [3.63, 3.8) is 0 Å². The second-order valence-corrected chi connectivity index (χ2v) is 5.28. The Morgan fingerprint density at radius 2 is 2.28 bits per heavy atom. The van der Waals surface area contributed by atoms with Crippen LogP contribution in [0.25, 0.3) is 0 Å². The lowest BCUT2D eigenvalue weighted by Crippen LogP contribution is -2.17. The average Bonchev–Trinajstić information content (AvgIpc) is 2.90. The average molecular weight is 243 g/mol. The highest BCUT2D eigenvalue weighted by Crippen LogP contribution is 2.29. The summed E-state index contributed by atoms with van der Waals surface area (Å²) in [7, 11) is 0.